The van der Waals surface area contributed by atoms with Crippen molar-refractivity contribution in [3.05, 3.63) is 17.8 Å². The van der Waals surface area contributed by atoms with Crippen molar-refractivity contribution in [2.24, 2.45) is 0 Å². The first kappa shape index (κ1) is 14.8. The normalized spacial score (nSPS) is 11.4. The Morgan fingerprint density at radius 2 is 2.00 bits per heavy atom. The number of hydrogen-bond acceptors (Lipinski definition) is 5. The van der Waals surface area contributed by atoms with Crippen molar-refractivity contribution in [3.63, 3.8) is 0 Å². The Morgan fingerprint density at radius 1 is 1.22 bits per heavy atom. The lowest BCUT2D eigenvalue weighted by Gasteiger charge is -2.07. The molecule has 0 bridgehead atoms. The minimum absolute atomic E-state index is 0.188. The minimum atomic E-state index is -3.13. The van der Waals surface area contributed by atoms with Crippen LogP contribution in [0, 0.1) is 6.92 Å². The van der Waals surface area contributed by atoms with E-state index in [1.54, 1.807) is 0 Å². The number of unbranched alkanes of at least 4 members (excludes halogenated alkanes) is 1. The van der Waals surface area contributed by atoms with Gasteiger partial charge in [0.25, 0.3) is 0 Å². The first-order valence-electron chi connectivity index (χ1n) is 6.05. The maximum absolute atomic E-state index is 11.5. The van der Waals surface area contributed by atoms with E-state index in [1.165, 1.54) is 0 Å². The van der Waals surface area contributed by atoms with Crippen molar-refractivity contribution in [1.29, 1.82) is 0 Å². The van der Waals surface area contributed by atoms with Gasteiger partial charge in [-0.15, -0.1) is 5.10 Å². The Labute approximate surface area is 108 Å². The molecule has 2 N–H and O–H groups in total. The highest BCUT2D eigenvalue weighted by Crippen LogP contribution is 1.99. The van der Waals surface area contributed by atoms with Crippen LogP contribution in [0.15, 0.2) is 12.1 Å². The Morgan fingerprint density at radius 3 is 2.61 bits per heavy atom. The summed E-state index contributed by atoms with van der Waals surface area (Å²) in [6, 6.07) is 3.66. The Balaban J connectivity index is 2.24. The van der Waals surface area contributed by atoms with E-state index in [9.17, 15) is 8.42 Å². The number of aryl methyl sites for hydroxylation is 1. The number of sulfonamides is 1. The molecule has 6 nitrogen and oxygen atoms in total. The van der Waals surface area contributed by atoms with Crippen LogP contribution in [0.2, 0.25) is 0 Å². The summed E-state index contributed by atoms with van der Waals surface area (Å²) in [5.41, 5.74) is 0.848. The van der Waals surface area contributed by atoms with Crippen molar-refractivity contribution >= 4 is 15.8 Å². The number of aromatic nitrogens is 2. The van der Waals surface area contributed by atoms with Crippen molar-refractivity contribution in [3.8, 4) is 0 Å². The molecule has 1 aromatic heterocycles. The third-order valence-corrected chi connectivity index (χ3v) is 3.79. The van der Waals surface area contributed by atoms with Gasteiger partial charge in [-0.25, -0.2) is 13.1 Å². The van der Waals surface area contributed by atoms with E-state index in [4.69, 9.17) is 0 Å². The average Bonchev–Trinajstić information content (AvgIpc) is 2.34. The fourth-order valence-corrected chi connectivity index (χ4v) is 2.52. The van der Waals surface area contributed by atoms with Gasteiger partial charge >= 0.3 is 0 Å². The largest absolute Gasteiger partial charge is 0.367 e. The standard InChI is InChI=1S/C11H20N4O2S/c1-3-4-9-18(16,17)13-8-7-12-11-6-5-10(2)14-15-11/h5-6,13H,3-4,7-9H2,1-2H3,(H,12,15). The number of nitrogens with zero attached hydrogens (tertiary/aromatic N) is 2. The summed E-state index contributed by atoms with van der Waals surface area (Å²) in [4.78, 5) is 0. The highest BCUT2D eigenvalue weighted by Gasteiger charge is 2.07. The highest BCUT2D eigenvalue weighted by atomic mass is 32.2. The summed E-state index contributed by atoms with van der Waals surface area (Å²) < 4.78 is 25.5. The third kappa shape index (κ3) is 5.92. The monoisotopic (exact) mass is 272 g/mol. The quantitative estimate of drug-likeness (QED) is 0.687. The molecular weight excluding hydrogens is 252 g/mol. The Bertz CT molecular complexity index is 445. The summed E-state index contributed by atoms with van der Waals surface area (Å²) >= 11 is 0. The molecule has 0 fully saturated rings. The average molecular weight is 272 g/mol. The second kappa shape index (κ2) is 7.27. The molecule has 0 unspecified atom stereocenters. The molecule has 0 amide bonds. The summed E-state index contributed by atoms with van der Waals surface area (Å²) in [6.07, 6.45) is 1.56. The van der Waals surface area contributed by atoms with Gasteiger partial charge in [-0.3, -0.25) is 0 Å². The lowest BCUT2D eigenvalue weighted by Crippen LogP contribution is -2.31. The second-order valence-corrected chi connectivity index (χ2v) is 5.98. The molecule has 1 aromatic rings. The van der Waals surface area contributed by atoms with Gasteiger partial charge in [-0.1, -0.05) is 13.3 Å². The fraction of sp³-hybridized carbons (Fsp3) is 0.636. The van der Waals surface area contributed by atoms with Gasteiger partial charge in [0.15, 0.2) is 0 Å². The molecule has 0 aromatic carbocycles. The van der Waals surface area contributed by atoms with E-state index >= 15 is 0 Å². The van der Waals surface area contributed by atoms with E-state index in [1.807, 2.05) is 26.0 Å². The first-order valence-corrected chi connectivity index (χ1v) is 7.70. The summed E-state index contributed by atoms with van der Waals surface area (Å²) in [5, 5.41) is 10.8. The van der Waals surface area contributed by atoms with Crippen molar-refractivity contribution in [2.75, 3.05) is 24.2 Å². The number of nitrogens with one attached hydrogen (secondary N) is 2. The summed E-state index contributed by atoms with van der Waals surface area (Å²) in [6.45, 7) is 4.66. The van der Waals surface area contributed by atoms with Crippen molar-refractivity contribution in [2.45, 2.75) is 26.7 Å². The van der Waals surface area contributed by atoms with Crippen LogP contribution in [0.5, 0.6) is 0 Å². The molecule has 0 aliphatic carbocycles. The molecule has 0 aliphatic rings. The topological polar surface area (TPSA) is 84.0 Å². The Kier molecular flexibility index (Phi) is 6.00. The van der Waals surface area contributed by atoms with Gasteiger partial charge in [0, 0.05) is 13.1 Å². The van der Waals surface area contributed by atoms with Gasteiger partial charge in [-0.2, -0.15) is 5.10 Å². The molecule has 1 rings (SSSR count). The molecule has 0 aliphatic heterocycles. The van der Waals surface area contributed by atoms with Gasteiger partial charge in [0.2, 0.25) is 10.0 Å². The van der Waals surface area contributed by atoms with Crippen LogP contribution in [-0.4, -0.2) is 37.5 Å². The van der Waals surface area contributed by atoms with E-state index in [-0.39, 0.29) is 5.75 Å². The van der Waals surface area contributed by atoms with Gasteiger partial charge in [0.1, 0.15) is 5.82 Å². The Hall–Kier alpha value is -1.21. The van der Waals surface area contributed by atoms with Crippen LogP contribution in [0.1, 0.15) is 25.5 Å². The molecular formula is C11H20N4O2S. The molecule has 0 radical (unpaired) electrons. The molecule has 18 heavy (non-hydrogen) atoms. The van der Waals surface area contributed by atoms with Gasteiger partial charge in [0.05, 0.1) is 11.4 Å². The number of hydrogen-bond donors (Lipinski definition) is 2. The van der Waals surface area contributed by atoms with Crippen LogP contribution >= 0.6 is 0 Å². The van der Waals surface area contributed by atoms with E-state index in [0.29, 0.717) is 25.3 Å². The van der Waals surface area contributed by atoms with E-state index in [2.05, 4.69) is 20.2 Å². The number of rotatable bonds is 8. The molecule has 0 spiro atoms. The highest BCUT2D eigenvalue weighted by molar-refractivity contribution is 7.89. The second-order valence-electron chi connectivity index (χ2n) is 4.05. The smallest absolute Gasteiger partial charge is 0.211 e. The molecule has 7 heteroatoms. The maximum Gasteiger partial charge on any atom is 0.211 e. The van der Waals surface area contributed by atoms with Gasteiger partial charge < -0.3 is 5.32 Å². The minimum Gasteiger partial charge on any atom is -0.367 e. The van der Waals surface area contributed by atoms with Crippen LogP contribution in [0.25, 0.3) is 0 Å². The fourth-order valence-electron chi connectivity index (χ4n) is 1.30. The molecule has 0 saturated heterocycles. The lowest BCUT2D eigenvalue weighted by molar-refractivity contribution is 0.579. The lowest BCUT2D eigenvalue weighted by atomic mass is 10.4. The van der Waals surface area contributed by atoms with Crippen LogP contribution in [0.4, 0.5) is 5.82 Å². The van der Waals surface area contributed by atoms with E-state index in [0.717, 1.165) is 12.1 Å². The SMILES string of the molecule is CCCCS(=O)(=O)NCCNc1ccc(C)nn1. The first-order chi connectivity index (χ1) is 8.53. The molecule has 102 valence electrons. The van der Waals surface area contributed by atoms with Crippen molar-refractivity contribution < 1.29 is 8.42 Å². The zero-order valence-electron chi connectivity index (χ0n) is 10.8. The van der Waals surface area contributed by atoms with E-state index < -0.39 is 10.0 Å². The maximum atomic E-state index is 11.5. The zero-order valence-corrected chi connectivity index (χ0v) is 11.6. The molecule has 0 saturated carbocycles. The molecule has 1 heterocycles. The summed E-state index contributed by atoms with van der Waals surface area (Å²) in [7, 11) is -3.13. The number of anilines is 1. The summed E-state index contributed by atoms with van der Waals surface area (Å²) in [5.74, 6) is 0.835. The van der Waals surface area contributed by atoms with Crippen LogP contribution < -0.4 is 10.0 Å². The van der Waals surface area contributed by atoms with Gasteiger partial charge in [-0.05, 0) is 25.5 Å². The third-order valence-electron chi connectivity index (χ3n) is 2.32. The van der Waals surface area contributed by atoms with Crippen LogP contribution in [0.3, 0.4) is 0 Å². The predicted molar refractivity (Wildman–Crippen MR) is 72.0 cm³/mol. The predicted octanol–water partition coefficient (Wildman–Crippen LogP) is 0.916. The van der Waals surface area contributed by atoms with Crippen molar-refractivity contribution in [1.82, 2.24) is 14.9 Å². The molecule has 0 atom stereocenters. The zero-order chi connectivity index (χ0) is 13.4. The van der Waals surface area contributed by atoms with Crippen LogP contribution in [-0.2, 0) is 10.0 Å².